The summed E-state index contributed by atoms with van der Waals surface area (Å²) < 4.78 is 13.2. The average Bonchev–Trinajstić information content (AvgIpc) is 3.52. The van der Waals surface area contributed by atoms with Gasteiger partial charge in [-0.1, -0.05) is 19.9 Å². The van der Waals surface area contributed by atoms with Crippen LogP contribution in [0.25, 0.3) is 0 Å². The number of amides is 1. The number of aromatic nitrogens is 2. The Morgan fingerprint density at radius 2 is 1.91 bits per heavy atom. The number of ether oxygens (including phenoxy) is 2. The minimum Gasteiger partial charge on any atom is -0.486 e. The molecule has 1 saturated heterocycles. The predicted octanol–water partition coefficient (Wildman–Crippen LogP) is 3.17. The summed E-state index contributed by atoms with van der Waals surface area (Å²) in [4.78, 5) is 15.0. The molecule has 2 N–H and O–H groups in total. The third-order valence-corrected chi connectivity index (χ3v) is 6.14. The Morgan fingerprint density at radius 1 is 1.12 bits per heavy atom. The van der Waals surface area contributed by atoms with Gasteiger partial charge in [0.15, 0.2) is 11.5 Å². The number of aliphatic hydroxyl groups is 1. The van der Waals surface area contributed by atoms with Crippen molar-refractivity contribution in [2.24, 2.45) is 0 Å². The lowest BCUT2D eigenvalue weighted by Crippen LogP contribution is -2.46. The Bertz CT molecular complexity index is 852. The van der Waals surface area contributed by atoms with Crippen molar-refractivity contribution in [2.75, 3.05) is 32.8 Å². The fourth-order valence-electron chi connectivity index (χ4n) is 4.39. The lowest BCUT2D eigenvalue weighted by molar-refractivity contribution is -0.123. The van der Waals surface area contributed by atoms with E-state index in [1.54, 1.807) is 6.20 Å². The molecule has 2 aliphatic rings. The highest BCUT2D eigenvalue weighted by Crippen LogP contribution is 2.33. The number of likely N-dealkylation sites (tertiary alicyclic amines) is 1. The number of aliphatic hydroxyl groups excluding tert-OH is 1. The van der Waals surface area contributed by atoms with Crippen molar-refractivity contribution in [1.29, 1.82) is 0 Å². The predicted molar refractivity (Wildman–Crippen MR) is 127 cm³/mol. The van der Waals surface area contributed by atoms with Gasteiger partial charge in [0.1, 0.15) is 19.3 Å². The van der Waals surface area contributed by atoms with Gasteiger partial charge in [-0.05, 0) is 62.5 Å². The first kappa shape index (κ1) is 25.1. The number of hydrogen-bond acceptors (Lipinski definition) is 6. The maximum Gasteiger partial charge on any atom is 0.220 e. The molecule has 8 heteroatoms. The van der Waals surface area contributed by atoms with Gasteiger partial charge in [0.2, 0.25) is 5.91 Å². The third-order valence-electron chi connectivity index (χ3n) is 6.14. The van der Waals surface area contributed by atoms with E-state index in [9.17, 15) is 9.90 Å². The first-order chi connectivity index (χ1) is 15.7. The quantitative estimate of drug-likeness (QED) is 0.503. The van der Waals surface area contributed by atoms with Crippen molar-refractivity contribution in [3.05, 3.63) is 42.2 Å². The maximum absolute atomic E-state index is 12.7. The van der Waals surface area contributed by atoms with Crippen LogP contribution in [0.2, 0.25) is 0 Å². The molecule has 1 aromatic heterocycles. The SMILES string of the molecule is C.O=C(CCCCCn1cccn1)N[C@H](CN1CCCC1)[C@H](O)c1ccc2c(c1)OCCO2. The van der Waals surface area contributed by atoms with Crippen molar-refractivity contribution >= 4 is 5.91 Å². The van der Waals surface area contributed by atoms with E-state index in [-0.39, 0.29) is 19.4 Å². The summed E-state index contributed by atoms with van der Waals surface area (Å²) in [5.41, 5.74) is 0.734. The van der Waals surface area contributed by atoms with Gasteiger partial charge in [-0.2, -0.15) is 5.10 Å². The van der Waals surface area contributed by atoms with Gasteiger partial charge in [0, 0.05) is 31.9 Å². The van der Waals surface area contributed by atoms with Gasteiger partial charge in [-0.3, -0.25) is 9.48 Å². The lowest BCUT2D eigenvalue weighted by atomic mass is 10.0. The monoisotopic (exact) mass is 458 g/mol. The molecule has 2 atom stereocenters. The van der Waals surface area contributed by atoms with Crippen LogP contribution in [-0.2, 0) is 11.3 Å². The van der Waals surface area contributed by atoms with Crippen LogP contribution in [0.4, 0.5) is 0 Å². The van der Waals surface area contributed by atoms with Gasteiger partial charge in [-0.15, -0.1) is 0 Å². The fraction of sp³-hybridized carbons (Fsp3) is 0.600. The summed E-state index contributed by atoms with van der Waals surface area (Å²) in [6, 6.07) is 7.07. The van der Waals surface area contributed by atoms with Crippen LogP contribution in [0, 0.1) is 0 Å². The number of unbranched alkanes of at least 4 members (excludes halogenated alkanes) is 2. The summed E-state index contributed by atoms with van der Waals surface area (Å²) >= 11 is 0. The number of carbonyl (C=O) groups excluding carboxylic acids is 1. The largest absolute Gasteiger partial charge is 0.486 e. The summed E-state index contributed by atoms with van der Waals surface area (Å²) in [6.07, 6.45) is 8.49. The molecule has 0 unspecified atom stereocenters. The number of fused-ring (bicyclic) bond motifs is 1. The van der Waals surface area contributed by atoms with E-state index in [4.69, 9.17) is 9.47 Å². The molecule has 0 radical (unpaired) electrons. The normalized spacial score (nSPS) is 17.2. The number of carbonyl (C=O) groups is 1. The number of hydrogen-bond donors (Lipinski definition) is 2. The lowest BCUT2D eigenvalue weighted by Gasteiger charge is -2.29. The second-order valence-electron chi connectivity index (χ2n) is 8.61. The minimum atomic E-state index is -0.810. The van der Waals surface area contributed by atoms with E-state index < -0.39 is 6.10 Å². The van der Waals surface area contributed by atoms with E-state index in [0.29, 0.717) is 37.7 Å². The number of aryl methyl sites for hydroxylation is 1. The number of nitrogens with zero attached hydrogens (tertiary/aromatic N) is 3. The zero-order valence-electron chi connectivity index (χ0n) is 18.6. The standard InChI is InChI=1S/C24H34N4O4.CH4/c29-23(7-2-1-3-13-28-14-6-10-25-28)26-20(18-27-11-4-5-12-27)24(30)19-8-9-21-22(17-19)32-16-15-31-21;/h6,8-10,14,17,20,24,30H,1-5,7,11-13,15-16,18H2,(H,26,29);1H4/t20-,24-;/m1./s1. The maximum atomic E-state index is 12.7. The Hall–Kier alpha value is -2.58. The molecule has 8 nitrogen and oxygen atoms in total. The van der Waals surface area contributed by atoms with Crippen molar-refractivity contribution in [3.63, 3.8) is 0 Å². The van der Waals surface area contributed by atoms with E-state index >= 15 is 0 Å². The molecule has 2 aromatic rings. The van der Waals surface area contributed by atoms with Crippen molar-refractivity contribution in [2.45, 2.75) is 64.6 Å². The first-order valence-electron chi connectivity index (χ1n) is 11.8. The zero-order valence-corrected chi connectivity index (χ0v) is 18.6. The Kier molecular flexibility index (Phi) is 9.57. The Morgan fingerprint density at radius 3 is 2.67 bits per heavy atom. The molecular weight excluding hydrogens is 420 g/mol. The van der Waals surface area contributed by atoms with Crippen LogP contribution >= 0.6 is 0 Å². The van der Waals surface area contributed by atoms with Crippen LogP contribution in [0.1, 0.15) is 57.6 Å². The minimum absolute atomic E-state index is 0. The molecule has 1 aromatic carbocycles. The third kappa shape index (κ3) is 7.20. The Labute approximate surface area is 196 Å². The molecule has 4 rings (SSSR count). The van der Waals surface area contributed by atoms with E-state index in [2.05, 4.69) is 15.3 Å². The van der Waals surface area contributed by atoms with Crippen LogP contribution in [0.3, 0.4) is 0 Å². The summed E-state index contributed by atoms with van der Waals surface area (Å²) in [5, 5.41) is 18.5. The van der Waals surface area contributed by atoms with Gasteiger partial charge in [-0.25, -0.2) is 0 Å². The van der Waals surface area contributed by atoms with Crippen LogP contribution < -0.4 is 14.8 Å². The first-order valence-corrected chi connectivity index (χ1v) is 11.8. The van der Waals surface area contributed by atoms with Crippen LogP contribution in [-0.4, -0.2) is 64.6 Å². The molecule has 0 saturated carbocycles. The van der Waals surface area contributed by atoms with Crippen LogP contribution in [0.5, 0.6) is 11.5 Å². The number of benzene rings is 1. The highest BCUT2D eigenvalue weighted by atomic mass is 16.6. The van der Waals surface area contributed by atoms with Gasteiger partial charge in [0.25, 0.3) is 0 Å². The fourth-order valence-corrected chi connectivity index (χ4v) is 4.39. The molecule has 2 aliphatic heterocycles. The summed E-state index contributed by atoms with van der Waals surface area (Å²) in [5.74, 6) is 1.34. The Balaban J connectivity index is 0.00000306. The topological polar surface area (TPSA) is 88.9 Å². The smallest absolute Gasteiger partial charge is 0.220 e. The highest BCUT2D eigenvalue weighted by molar-refractivity contribution is 5.76. The van der Waals surface area contributed by atoms with Crippen molar-refractivity contribution < 1.29 is 19.4 Å². The molecule has 33 heavy (non-hydrogen) atoms. The molecule has 182 valence electrons. The number of rotatable bonds is 11. The molecular formula is C25H38N4O4. The molecule has 0 spiro atoms. The van der Waals surface area contributed by atoms with Gasteiger partial charge >= 0.3 is 0 Å². The second kappa shape index (κ2) is 12.6. The van der Waals surface area contributed by atoms with Gasteiger partial charge < -0.3 is 24.8 Å². The highest BCUT2D eigenvalue weighted by Gasteiger charge is 2.27. The zero-order chi connectivity index (χ0) is 22.2. The number of nitrogens with one attached hydrogen (secondary N) is 1. The van der Waals surface area contributed by atoms with Gasteiger partial charge in [0.05, 0.1) is 6.04 Å². The average molecular weight is 459 g/mol. The molecule has 1 fully saturated rings. The summed E-state index contributed by atoms with van der Waals surface area (Å²) in [6.45, 7) is 4.56. The van der Waals surface area contributed by atoms with E-state index in [0.717, 1.165) is 57.3 Å². The van der Waals surface area contributed by atoms with Crippen molar-refractivity contribution in [3.8, 4) is 11.5 Å². The van der Waals surface area contributed by atoms with Crippen LogP contribution in [0.15, 0.2) is 36.7 Å². The molecule has 0 aliphatic carbocycles. The van der Waals surface area contributed by atoms with Crippen molar-refractivity contribution in [1.82, 2.24) is 20.0 Å². The second-order valence-corrected chi connectivity index (χ2v) is 8.61. The van der Waals surface area contributed by atoms with E-state index in [1.807, 2.05) is 35.1 Å². The molecule has 1 amide bonds. The van der Waals surface area contributed by atoms with E-state index in [1.165, 1.54) is 0 Å². The molecule has 3 heterocycles. The molecule has 0 bridgehead atoms. The summed E-state index contributed by atoms with van der Waals surface area (Å²) in [7, 11) is 0.